The first-order valence-electron chi connectivity index (χ1n) is 6.17. The Balaban J connectivity index is 0. The van der Waals surface area contributed by atoms with Crippen molar-refractivity contribution in [3.05, 3.63) is 12.2 Å². The summed E-state index contributed by atoms with van der Waals surface area (Å²) in [7, 11) is 0. The number of carboxylic acid groups (broad SMARTS) is 1. The van der Waals surface area contributed by atoms with Crippen LogP contribution in [0.2, 0.25) is 0 Å². The van der Waals surface area contributed by atoms with E-state index in [0.717, 1.165) is 6.42 Å². The molecule has 0 aliphatic heterocycles. The number of allylic oxidation sites excluding steroid dienone is 2. The number of carbonyl (C=O) groups is 1. The van der Waals surface area contributed by atoms with Crippen molar-refractivity contribution in [3.8, 4) is 0 Å². The average molecular weight is 230 g/mol. The second-order valence-corrected chi connectivity index (χ2v) is 3.65. The third-order valence-electron chi connectivity index (χ3n) is 2.17. The van der Waals surface area contributed by atoms with Gasteiger partial charge in [0.1, 0.15) is 0 Å². The van der Waals surface area contributed by atoms with Gasteiger partial charge in [0.15, 0.2) is 0 Å². The first kappa shape index (κ1) is 17.6. The molecule has 0 aromatic heterocycles. The van der Waals surface area contributed by atoms with Crippen LogP contribution in [0.25, 0.3) is 0 Å². The Labute approximate surface area is 99.2 Å². The fourth-order valence-electron chi connectivity index (χ4n) is 1.29. The number of unbranched alkanes of at least 4 members (excludes halogenated alkanes) is 6. The third kappa shape index (κ3) is 23.2. The molecule has 0 radical (unpaired) electrons. The van der Waals surface area contributed by atoms with E-state index in [9.17, 15) is 0 Å². The number of aliphatic hydroxyl groups is 1. The minimum atomic E-state index is -0.250. The Morgan fingerprint density at radius 3 is 1.94 bits per heavy atom. The molecule has 0 aliphatic carbocycles. The first-order chi connectivity index (χ1) is 7.83. The molecule has 0 heterocycles. The summed E-state index contributed by atoms with van der Waals surface area (Å²) in [6.45, 7) is 2.33. The summed E-state index contributed by atoms with van der Waals surface area (Å²) in [4.78, 5) is 8.36. The van der Waals surface area contributed by atoms with Crippen molar-refractivity contribution in [1.29, 1.82) is 0 Å². The van der Waals surface area contributed by atoms with E-state index in [2.05, 4.69) is 19.1 Å². The smallest absolute Gasteiger partial charge is 0.290 e. The highest BCUT2D eigenvalue weighted by molar-refractivity contribution is 5.32. The van der Waals surface area contributed by atoms with Crippen molar-refractivity contribution >= 4 is 6.47 Å². The van der Waals surface area contributed by atoms with Crippen molar-refractivity contribution in [2.45, 2.75) is 58.3 Å². The van der Waals surface area contributed by atoms with E-state index in [0.29, 0.717) is 6.61 Å². The monoisotopic (exact) mass is 230 g/mol. The highest BCUT2D eigenvalue weighted by Gasteiger charge is 1.86. The van der Waals surface area contributed by atoms with Gasteiger partial charge in [0.25, 0.3) is 6.47 Å². The lowest BCUT2D eigenvalue weighted by Crippen LogP contribution is -1.82. The number of hydrogen-bond donors (Lipinski definition) is 2. The topological polar surface area (TPSA) is 57.5 Å². The fourth-order valence-corrected chi connectivity index (χ4v) is 1.29. The van der Waals surface area contributed by atoms with Gasteiger partial charge in [-0.1, -0.05) is 44.8 Å². The molecule has 0 saturated carbocycles. The predicted molar refractivity (Wildman–Crippen MR) is 67.5 cm³/mol. The van der Waals surface area contributed by atoms with Gasteiger partial charge in [-0.2, -0.15) is 0 Å². The molecule has 3 nitrogen and oxygen atoms in total. The normalized spacial score (nSPS) is 9.88. The second kappa shape index (κ2) is 19.7. The summed E-state index contributed by atoms with van der Waals surface area (Å²) in [5.74, 6) is 0. The molecule has 0 fully saturated rings. The molecule has 0 spiro atoms. The van der Waals surface area contributed by atoms with Crippen molar-refractivity contribution in [1.82, 2.24) is 0 Å². The summed E-state index contributed by atoms with van der Waals surface area (Å²) < 4.78 is 0. The number of hydrogen-bond acceptors (Lipinski definition) is 2. The molecule has 0 rings (SSSR count). The van der Waals surface area contributed by atoms with Gasteiger partial charge in [0.05, 0.1) is 0 Å². The van der Waals surface area contributed by atoms with Gasteiger partial charge in [0.2, 0.25) is 0 Å². The number of rotatable bonds is 9. The van der Waals surface area contributed by atoms with Gasteiger partial charge < -0.3 is 10.2 Å². The lowest BCUT2D eigenvalue weighted by molar-refractivity contribution is -0.122. The Morgan fingerprint density at radius 1 is 0.938 bits per heavy atom. The fraction of sp³-hybridized carbons (Fsp3) is 0.769. The summed E-state index contributed by atoms with van der Waals surface area (Å²) in [6.07, 6.45) is 14.4. The zero-order valence-corrected chi connectivity index (χ0v) is 10.4. The highest BCUT2D eigenvalue weighted by Crippen LogP contribution is 2.04. The molecule has 0 unspecified atom stereocenters. The molecule has 0 amide bonds. The van der Waals surface area contributed by atoms with Crippen LogP contribution in [-0.4, -0.2) is 23.3 Å². The molecular weight excluding hydrogens is 204 g/mol. The molecule has 0 aliphatic rings. The molecular formula is C13H26O3. The van der Waals surface area contributed by atoms with Gasteiger partial charge in [-0.25, -0.2) is 0 Å². The van der Waals surface area contributed by atoms with Crippen LogP contribution in [-0.2, 0) is 4.79 Å². The van der Waals surface area contributed by atoms with Crippen molar-refractivity contribution in [3.63, 3.8) is 0 Å². The van der Waals surface area contributed by atoms with Crippen LogP contribution < -0.4 is 0 Å². The van der Waals surface area contributed by atoms with Gasteiger partial charge in [-0.05, 0) is 25.7 Å². The van der Waals surface area contributed by atoms with E-state index in [-0.39, 0.29) is 6.47 Å². The third-order valence-corrected chi connectivity index (χ3v) is 2.17. The SMILES string of the molecule is CCCCC=CCCCCCCO.O=CO. The molecule has 0 aromatic rings. The van der Waals surface area contributed by atoms with Gasteiger partial charge in [-0.3, -0.25) is 4.79 Å². The van der Waals surface area contributed by atoms with E-state index < -0.39 is 0 Å². The molecule has 2 N–H and O–H groups in total. The van der Waals surface area contributed by atoms with E-state index in [4.69, 9.17) is 15.0 Å². The second-order valence-electron chi connectivity index (χ2n) is 3.65. The van der Waals surface area contributed by atoms with E-state index in [1.54, 1.807) is 0 Å². The lowest BCUT2D eigenvalue weighted by atomic mass is 10.1. The summed E-state index contributed by atoms with van der Waals surface area (Å²) in [5, 5.41) is 15.4. The van der Waals surface area contributed by atoms with Crippen LogP contribution in [0.4, 0.5) is 0 Å². The Morgan fingerprint density at radius 2 is 1.44 bits per heavy atom. The largest absolute Gasteiger partial charge is 0.483 e. The van der Waals surface area contributed by atoms with E-state index in [1.807, 2.05) is 0 Å². The van der Waals surface area contributed by atoms with Crippen LogP contribution in [0.5, 0.6) is 0 Å². The van der Waals surface area contributed by atoms with Crippen molar-refractivity contribution in [2.24, 2.45) is 0 Å². The summed E-state index contributed by atoms with van der Waals surface area (Å²) in [6, 6.07) is 0. The Kier molecular flexibility index (Phi) is 21.6. The maximum absolute atomic E-state index is 8.55. The minimum absolute atomic E-state index is 0.250. The maximum Gasteiger partial charge on any atom is 0.290 e. The minimum Gasteiger partial charge on any atom is -0.483 e. The van der Waals surface area contributed by atoms with Gasteiger partial charge in [-0.15, -0.1) is 0 Å². The highest BCUT2D eigenvalue weighted by atomic mass is 16.3. The van der Waals surface area contributed by atoms with E-state index in [1.165, 1.54) is 44.9 Å². The van der Waals surface area contributed by atoms with Crippen LogP contribution in [0, 0.1) is 0 Å². The van der Waals surface area contributed by atoms with Crippen LogP contribution in [0.1, 0.15) is 58.3 Å². The standard InChI is InChI=1S/C12H24O.CH2O2/c1-2-3-4-5-6-7-8-9-10-11-12-13;2-1-3/h5-6,13H,2-4,7-12H2,1H3;1H,(H,2,3). The Bertz CT molecular complexity index is 144. The molecule has 0 atom stereocenters. The summed E-state index contributed by atoms with van der Waals surface area (Å²) in [5.41, 5.74) is 0. The average Bonchev–Trinajstić information content (AvgIpc) is 2.28. The first-order valence-corrected chi connectivity index (χ1v) is 6.17. The molecule has 96 valence electrons. The molecule has 16 heavy (non-hydrogen) atoms. The molecule has 0 aromatic carbocycles. The maximum atomic E-state index is 8.55. The van der Waals surface area contributed by atoms with Crippen LogP contribution in [0.3, 0.4) is 0 Å². The van der Waals surface area contributed by atoms with Gasteiger partial charge in [0, 0.05) is 6.61 Å². The van der Waals surface area contributed by atoms with Gasteiger partial charge >= 0.3 is 0 Å². The van der Waals surface area contributed by atoms with Crippen molar-refractivity contribution < 1.29 is 15.0 Å². The molecule has 0 saturated heterocycles. The zero-order chi connectivity index (χ0) is 12.5. The van der Waals surface area contributed by atoms with Crippen molar-refractivity contribution in [2.75, 3.05) is 6.61 Å². The number of aliphatic hydroxyl groups excluding tert-OH is 1. The molecule has 0 bridgehead atoms. The zero-order valence-electron chi connectivity index (χ0n) is 10.4. The summed E-state index contributed by atoms with van der Waals surface area (Å²) >= 11 is 0. The van der Waals surface area contributed by atoms with E-state index >= 15 is 0 Å². The quantitative estimate of drug-likeness (QED) is 0.363. The lowest BCUT2D eigenvalue weighted by Gasteiger charge is -1.95. The molecule has 3 heteroatoms. The van der Waals surface area contributed by atoms with Crippen LogP contribution in [0.15, 0.2) is 12.2 Å². The Hall–Kier alpha value is -0.830. The van der Waals surface area contributed by atoms with Crippen LogP contribution >= 0.6 is 0 Å². The predicted octanol–water partition coefficient (Wildman–Crippen LogP) is 3.38.